The zero-order valence-electron chi connectivity index (χ0n) is 5.09. The van der Waals surface area contributed by atoms with E-state index in [-0.39, 0.29) is 0 Å². The van der Waals surface area contributed by atoms with Gasteiger partial charge in [-0.3, -0.25) is 0 Å². The molecule has 0 fully saturated rings. The topological polar surface area (TPSA) is 64.4 Å². The predicted molar refractivity (Wildman–Crippen MR) is 38.5 cm³/mol. The van der Waals surface area contributed by atoms with Crippen LogP contribution in [0.3, 0.4) is 0 Å². The van der Waals surface area contributed by atoms with Crippen molar-refractivity contribution in [3.05, 3.63) is 0 Å². The molecule has 3 nitrogen and oxygen atoms in total. The second-order valence-corrected chi connectivity index (χ2v) is 3.23. The predicted octanol–water partition coefficient (Wildman–Crippen LogP) is 0.316. The van der Waals surface area contributed by atoms with Crippen molar-refractivity contribution in [2.24, 2.45) is 16.7 Å². The molecule has 0 aromatic heterocycles. The lowest BCUT2D eigenvalue weighted by Crippen LogP contribution is -2.11. The van der Waals surface area contributed by atoms with Crippen LogP contribution < -0.4 is 11.6 Å². The summed E-state index contributed by atoms with van der Waals surface area (Å²) in [5, 5.41) is 4.19. The van der Waals surface area contributed by atoms with Gasteiger partial charge in [-0.05, 0) is 0 Å². The minimum atomic E-state index is 0.444. The normalized spacial score (nSPS) is 12.6. The SMILES string of the molecule is CC(C)SC(N)=NN. The quantitative estimate of drug-likeness (QED) is 0.234. The van der Waals surface area contributed by atoms with E-state index in [0.717, 1.165) is 0 Å². The van der Waals surface area contributed by atoms with Gasteiger partial charge in [-0.1, -0.05) is 25.6 Å². The van der Waals surface area contributed by atoms with Gasteiger partial charge < -0.3 is 11.6 Å². The lowest BCUT2D eigenvalue weighted by molar-refractivity contribution is 1.12. The third-order valence-electron chi connectivity index (χ3n) is 0.484. The fourth-order valence-corrected chi connectivity index (χ4v) is 0.816. The van der Waals surface area contributed by atoms with E-state index >= 15 is 0 Å². The van der Waals surface area contributed by atoms with Crippen LogP contribution in [0.4, 0.5) is 0 Å². The maximum Gasteiger partial charge on any atom is 0.177 e. The summed E-state index contributed by atoms with van der Waals surface area (Å²) in [6.07, 6.45) is 0. The number of hydrogen-bond donors (Lipinski definition) is 2. The van der Waals surface area contributed by atoms with E-state index in [1.165, 1.54) is 11.8 Å². The summed E-state index contributed by atoms with van der Waals surface area (Å²) in [6.45, 7) is 4.06. The number of hydrazone groups is 1. The highest BCUT2D eigenvalue weighted by Crippen LogP contribution is 2.06. The van der Waals surface area contributed by atoms with Gasteiger partial charge in [0, 0.05) is 5.25 Å². The summed E-state index contributed by atoms with van der Waals surface area (Å²) in [4.78, 5) is 0. The van der Waals surface area contributed by atoms with Gasteiger partial charge in [-0.25, -0.2) is 0 Å². The lowest BCUT2D eigenvalue weighted by atomic mass is 10.6. The summed E-state index contributed by atoms with van der Waals surface area (Å²) in [7, 11) is 0. The van der Waals surface area contributed by atoms with Crippen molar-refractivity contribution in [1.29, 1.82) is 0 Å². The molecule has 0 heterocycles. The van der Waals surface area contributed by atoms with Gasteiger partial charge in [0.05, 0.1) is 0 Å². The van der Waals surface area contributed by atoms with Crippen molar-refractivity contribution >= 4 is 16.9 Å². The Balaban J connectivity index is 3.39. The molecule has 0 bridgehead atoms. The van der Waals surface area contributed by atoms with Gasteiger partial charge in [0.25, 0.3) is 0 Å². The largest absolute Gasteiger partial charge is 0.377 e. The fourth-order valence-electron chi connectivity index (χ4n) is 0.272. The van der Waals surface area contributed by atoms with Crippen molar-refractivity contribution in [3.8, 4) is 0 Å². The average molecular weight is 133 g/mol. The van der Waals surface area contributed by atoms with Gasteiger partial charge in [0.1, 0.15) is 0 Å². The second kappa shape index (κ2) is 3.60. The number of rotatable bonds is 1. The first-order valence-corrected chi connectivity index (χ1v) is 3.24. The third kappa shape index (κ3) is 3.80. The molecular weight excluding hydrogens is 122 g/mol. The molecule has 0 aromatic rings. The van der Waals surface area contributed by atoms with Crippen LogP contribution in [0.15, 0.2) is 5.10 Å². The number of amidine groups is 1. The fraction of sp³-hybridized carbons (Fsp3) is 0.750. The molecular formula is C4H11N3S. The first kappa shape index (κ1) is 7.62. The molecule has 0 atom stereocenters. The van der Waals surface area contributed by atoms with Crippen LogP contribution in [0.2, 0.25) is 0 Å². The molecule has 0 saturated carbocycles. The van der Waals surface area contributed by atoms with Crippen LogP contribution in [-0.4, -0.2) is 10.4 Å². The number of hydrogen-bond acceptors (Lipinski definition) is 3. The molecule has 4 heteroatoms. The van der Waals surface area contributed by atoms with Gasteiger partial charge in [0.2, 0.25) is 0 Å². The summed E-state index contributed by atoms with van der Waals surface area (Å²) >= 11 is 1.46. The first-order valence-electron chi connectivity index (χ1n) is 2.37. The molecule has 8 heavy (non-hydrogen) atoms. The van der Waals surface area contributed by atoms with Crippen molar-refractivity contribution in [2.75, 3.05) is 0 Å². The smallest absolute Gasteiger partial charge is 0.177 e. The van der Waals surface area contributed by atoms with E-state index in [9.17, 15) is 0 Å². The molecule has 0 unspecified atom stereocenters. The van der Waals surface area contributed by atoms with Crippen LogP contribution in [0.5, 0.6) is 0 Å². The molecule has 0 aliphatic rings. The monoisotopic (exact) mass is 133 g/mol. The van der Waals surface area contributed by atoms with Crippen molar-refractivity contribution in [1.82, 2.24) is 0 Å². The van der Waals surface area contributed by atoms with E-state index < -0.39 is 0 Å². The number of thioether (sulfide) groups is 1. The molecule has 0 saturated heterocycles. The highest BCUT2D eigenvalue weighted by atomic mass is 32.2. The standard InChI is InChI=1S/C4H11N3S/c1-3(2)8-4(5)7-6/h3H,6H2,1-2H3,(H2,5,7). The van der Waals surface area contributed by atoms with Crippen LogP contribution in [-0.2, 0) is 0 Å². The van der Waals surface area contributed by atoms with Crippen LogP contribution in [0.1, 0.15) is 13.8 Å². The van der Waals surface area contributed by atoms with E-state index in [0.29, 0.717) is 10.4 Å². The Bertz CT molecular complexity index is 89.3. The number of nitrogens with two attached hydrogens (primary N) is 2. The molecule has 0 aromatic carbocycles. The molecule has 0 radical (unpaired) electrons. The Morgan fingerprint density at radius 1 is 1.62 bits per heavy atom. The van der Waals surface area contributed by atoms with Crippen molar-refractivity contribution < 1.29 is 0 Å². The van der Waals surface area contributed by atoms with Gasteiger partial charge in [-0.2, -0.15) is 5.10 Å². The molecule has 0 spiro atoms. The van der Waals surface area contributed by atoms with Crippen molar-refractivity contribution in [2.45, 2.75) is 19.1 Å². The van der Waals surface area contributed by atoms with E-state index in [1.54, 1.807) is 0 Å². The highest BCUT2D eigenvalue weighted by molar-refractivity contribution is 8.14. The van der Waals surface area contributed by atoms with E-state index in [2.05, 4.69) is 5.10 Å². The number of nitrogens with zero attached hydrogens (tertiary/aromatic N) is 1. The molecule has 0 aliphatic heterocycles. The average Bonchev–Trinajstić information content (AvgIpc) is 1.65. The zero-order valence-corrected chi connectivity index (χ0v) is 5.90. The molecule has 0 rings (SSSR count). The van der Waals surface area contributed by atoms with Crippen LogP contribution in [0.25, 0.3) is 0 Å². The molecule has 4 N–H and O–H groups in total. The highest BCUT2D eigenvalue weighted by Gasteiger charge is 1.95. The van der Waals surface area contributed by atoms with Gasteiger partial charge in [-0.15, -0.1) is 0 Å². The zero-order chi connectivity index (χ0) is 6.57. The lowest BCUT2D eigenvalue weighted by Gasteiger charge is -1.99. The summed E-state index contributed by atoms with van der Waals surface area (Å²) < 4.78 is 0. The minimum Gasteiger partial charge on any atom is -0.377 e. The summed E-state index contributed by atoms with van der Waals surface area (Å²) in [5.74, 6) is 4.86. The maximum absolute atomic E-state index is 5.26. The minimum absolute atomic E-state index is 0.444. The van der Waals surface area contributed by atoms with Crippen molar-refractivity contribution in [3.63, 3.8) is 0 Å². The Hall–Kier alpha value is -0.380. The van der Waals surface area contributed by atoms with Gasteiger partial charge >= 0.3 is 0 Å². The Morgan fingerprint density at radius 3 is 2.25 bits per heavy atom. The second-order valence-electron chi connectivity index (χ2n) is 1.63. The third-order valence-corrected chi connectivity index (χ3v) is 1.30. The van der Waals surface area contributed by atoms with Gasteiger partial charge in [0.15, 0.2) is 5.17 Å². The van der Waals surface area contributed by atoms with E-state index in [1.807, 2.05) is 13.8 Å². The molecule has 0 aliphatic carbocycles. The Labute approximate surface area is 53.5 Å². The maximum atomic E-state index is 5.26. The molecule has 48 valence electrons. The van der Waals surface area contributed by atoms with Crippen LogP contribution >= 0.6 is 11.8 Å². The Kier molecular flexibility index (Phi) is 3.43. The first-order chi connectivity index (χ1) is 3.66. The summed E-state index contributed by atoms with van der Waals surface area (Å²) in [5.41, 5.74) is 5.26. The van der Waals surface area contributed by atoms with Crippen LogP contribution in [0, 0.1) is 0 Å². The summed E-state index contributed by atoms with van der Waals surface area (Å²) in [6, 6.07) is 0. The molecule has 0 amide bonds. The van der Waals surface area contributed by atoms with E-state index in [4.69, 9.17) is 11.6 Å². The Morgan fingerprint density at radius 2 is 2.12 bits per heavy atom.